The van der Waals surface area contributed by atoms with Gasteiger partial charge in [-0.3, -0.25) is 0 Å². The SMILES string of the molecule is CC(NCc1ccc(OC(F)F)cc1)c1ccc(I)cc1. The van der Waals surface area contributed by atoms with E-state index in [0.29, 0.717) is 6.54 Å². The highest BCUT2D eigenvalue weighted by Crippen LogP contribution is 2.17. The fourth-order valence-electron chi connectivity index (χ4n) is 1.93. The zero-order chi connectivity index (χ0) is 15.2. The number of nitrogens with one attached hydrogen (secondary N) is 1. The van der Waals surface area contributed by atoms with Crippen LogP contribution in [-0.4, -0.2) is 6.61 Å². The Kier molecular flexibility index (Phi) is 5.93. The summed E-state index contributed by atoms with van der Waals surface area (Å²) in [7, 11) is 0. The first-order valence-electron chi connectivity index (χ1n) is 6.57. The maximum Gasteiger partial charge on any atom is 0.387 e. The van der Waals surface area contributed by atoms with Crippen molar-refractivity contribution in [1.82, 2.24) is 5.32 Å². The lowest BCUT2D eigenvalue weighted by atomic mass is 10.1. The number of alkyl halides is 2. The summed E-state index contributed by atoms with van der Waals surface area (Å²) in [6, 6.07) is 15.2. The van der Waals surface area contributed by atoms with Crippen LogP contribution in [0.2, 0.25) is 0 Å². The van der Waals surface area contributed by atoms with Gasteiger partial charge in [-0.25, -0.2) is 0 Å². The van der Waals surface area contributed by atoms with Crippen molar-refractivity contribution in [1.29, 1.82) is 0 Å². The molecule has 0 heterocycles. The molecule has 0 amide bonds. The normalized spacial score (nSPS) is 12.4. The molecule has 2 rings (SSSR count). The maximum absolute atomic E-state index is 12.1. The predicted molar refractivity (Wildman–Crippen MR) is 87.5 cm³/mol. The molecule has 0 fully saturated rings. The second-order valence-corrected chi connectivity index (χ2v) is 5.92. The van der Waals surface area contributed by atoms with E-state index in [1.165, 1.54) is 9.13 Å². The van der Waals surface area contributed by atoms with Gasteiger partial charge in [0, 0.05) is 16.2 Å². The van der Waals surface area contributed by atoms with E-state index in [9.17, 15) is 8.78 Å². The monoisotopic (exact) mass is 403 g/mol. The van der Waals surface area contributed by atoms with E-state index in [-0.39, 0.29) is 11.8 Å². The van der Waals surface area contributed by atoms with Crippen LogP contribution in [0.1, 0.15) is 24.1 Å². The van der Waals surface area contributed by atoms with E-state index < -0.39 is 6.61 Å². The van der Waals surface area contributed by atoms with Crippen LogP contribution in [0.25, 0.3) is 0 Å². The zero-order valence-corrected chi connectivity index (χ0v) is 13.7. The Morgan fingerprint density at radius 2 is 1.67 bits per heavy atom. The standard InChI is InChI=1S/C16H16F2INO/c1-11(13-4-6-14(19)7-5-13)20-10-12-2-8-15(9-3-12)21-16(17)18/h2-9,11,16,20H,10H2,1H3. The highest BCUT2D eigenvalue weighted by molar-refractivity contribution is 14.1. The Labute approximate surface area is 136 Å². The molecule has 0 bridgehead atoms. The molecule has 2 aromatic carbocycles. The third-order valence-corrected chi connectivity index (χ3v) is 3.85. The first-order valence-corrected chi connectivity index (χ1v) is 7.65. The summed E-state index contributed by atoms with van der Waals surface area (Å²) in [6.45, 7) is -0.0200. The Hall–Kier alpha value is -1.21. The lowest BCUT2D eigenvalue weighted by Crippen LogP contribution is -2.18. The minimum Gasteiger partial charge on any atom is -0.435 e. The van der Waals surface area contributed by atoms with Gasteiger partial charge in [-0.2, -0.15) is 8.78 Å². The number of benzene rings is 2. The summed E-state index contributed by atoms with van der Waals surface area (Å²) in [5.74, 6) is 0.180. The second-order valence-electron chi connectivity index (χ2n) is 4.68. The summed E-state index contributed by atoms with van der Waals surface area (Å²) in [6.07, 6.45) is 0. The molecule has 1 atom stereocenters. The first-order chi connectivity index (χ1) is 10.0. The molecule has 0 aliphatic heterocycles. The largest absolute Gasteiger partial charge is 0.435 e. The number of hydrogen-bond donors (Lipinski definition) is 1. The van der Waals surface area contributed by atoms with Crippen molar-refractivity contribution in [3.05, 3.63) is 63.2 Å². The van der Waals surface area contributed by atoms with E-state index >= 15 is 0 Å². The fourth-order valence-corrected chi connectivity index (χ4v) is 2.29. The average Bonchev–Trinajstić information content (AvgIpc) is 2.46. The predicted octanol–water partition coefficient (Wildman–Crippen LogP) is 4.74. The van der Waals surface area contributed by atoms with Gasteiger partial charge in [0.15, 0.2) is 0 Å². The molecule has 0 radical (unpaired) electrons. The summed E-state index contributed by atoms with van der Waals surface area (Å²) in [5.41, 5.74) is 2.24. The highest BCUT2D eigenvalue weighted by atomic mass is 127. The van der Waals surface area contributed by atoms with E-state index in [0.717, 1.165) is 5.56 Å². The average molecular weight is 403 g/mol. The van der Waals surface area contributed by atoms with Crippen LogP contribution in [0.4, 0.5) is 8.78 Å². The van der Waals surface area contributed by atoms with Gasteiger partial charge in [-0.15, -0.1) is 0 Å². The van der Waals surface area contributed by atoms with Crippen molar-refractivity contribution in [2.45, 2.75) is 26.1 Å². The van der Waals surface area contributed by atoms with Crippen LogP contribution in [-0.2, 0) is 6.54 Å². The van der Waals surface area contributed by atoms with Gasteiger partial charge in [-0.05, 0) is 64.9 Å². The van der Waals surface area contributed by atoms with E-state index in [1.807, 2.05) is 0 Å². The van der Waals surface area contributed by atoms with Gasteiger partial charge in [0.2, 0.25) is 0 Å². The molecule has 0 aliphatic carbocycles. The number of rotatable bonds is 6. The number of hydrogen-bond acceptors (Lipinski definition) is 2. The minimum absolute atomic E-state index is 0.180. The summed E-state index contributed by atoms with van der Waals surface area (Å²) in [5, 5.41) is 3.40. The number of halogens is 3. The van der Waals surface area contributed by atoms with Crippen LogP contribution < -0.4 is 10.1 Å². The molecule has 1 unspecified atom stereocenters. The molecule has 0 aliphatic rings. The Morgan fingerprint density at radius 1 is 1.05 bits per heavy atom. The second kappa shape index (κ2) is 7.70. The van der Waals surface area contributed by atoms with Crippen LogP contribution in [0.15, 0.2) is 48.5 Å². The lowest BCUT2D eigenvalue weighted by molar-refractivity contribution is -0.0498. The fraction of sp³-hybridized carbons (Fsp3) is 0.250. The minimum atomic E-state index is -2.78. The molecule has 0 aromatic heterocycles. The maximum atomic E-state index is 12.1. The topological polar surface area (TPSA) is 21.3 Å². The van der Waals surface area contributed by atoms with Crippen molar-refractivity contribution >= 4 is 22.6 Å². The van der Waals surface area contributed by atoms with Crippen molar-refractivity contribution in [2.75, 3.05) is 0 Å². The third-order valence-electron chi connectivity index (χ3n) is 3.13. The van der Waals surface area contributed by atoms with E-state index in [2.05, 4.69) is 63.8 Å². The van der Waals surface area contributed by atoms with Crippen LogP contribution in [0.3, 0.4) is 0 Å². The third kappa shape index (κ3) is 5.24. The quantitative estimate of drug-likeness (QED) is 0.704. The summed E-state index contributed by atoms with van der Waals surface area (Å²) in [4.78, 5) is 0. The van der Waals surface area contributed by atoms with Crippen LogP contribution >= 0.6 is 22.6 Å². The molecule has 0 saturated heterocycles. The molecule has 1 N–H and O–H groups in total. The van der Waals surface area contributed by atoms with Crippen molar-refractivity contribution in [3.63, 3.8) is 0 Å². The van der Waals surface area contributed by atoms with Gasteiger partial charge >= 0.3 is 6.61 Å². The Balaban J connectivity index is 1.88. The molecule has 112 valence electrons. The van der Waals surface area contributed by atoms with Gasteiger partial charge in [-0.1, -0.05) is 24.3 Å². The van der Waals surface area contributed by atoms with Gasteiger partial charge in [0.1, 0.15) is 5.75 Å². The molecule has 5 heteroatoms. The first kappa shape index (κ1) is 16.2. The van der Waals surface area contributed by atoms with Gasteiger partial charge in [0.05, 0.1) is 0 Å². The molecule has 0 spiro atoms. The zero-order valence-electron chi connectivity index (χ0n) is 11.5. The molecule has 0 saturated carbocycles. The lowest BCUT2D eigenvalue weighted by Gasteiger charge is -2.14. The van der Waals surface area contributed by atoms with Crippen molar-refractivity contribution in [2.24, 2.45) is 0 Å². The van der Waals surface area contributed by atoms with Crippen LogP contribution in [0.5, 0.6) is 5.75 Å². The van der Waals surface area contributed by atoms with Crippen LogP contribution in [0, 0.1) is 3.57 Å². The number of ether oxygens (including phenoxy) is 1. The molecule has 2 aromatic rings. The van der Waals surface area contributed by atoms with E-state index in [4.69, 9.17) is 0 Å². The molecular weight excluding hydrogens is 387 g/mol. The van der Waals surface area contributed by atoms with Crippen molar-refractivity contribution < 1.29 is 13.5 Å². The highest BCUT2D eigenvalue weighted by Gasteiger charge is 2.06. The smallest absolute Gasteiger partial charge is 0.387 e. The van der Waals surface area contributed by atoms with Crippen molar-refractivity contribution in [3.8, 4) is 5.75 Å². The molecule has 21 heavy (non-hydrogen) atoms. The Bertz CT molecular complexity index is 557. The Morgan fingerprint density at radius 3 is 2.24 bits per heavy atom. The van der Waals surface area contributed by atoms with Gasteiger partial charge in [0.25, 0.3) is 0 Å². The summed E-state index contributed by atoms with van der Waals surface area (Å²) >= 11 is 2.28. The molecular formula is C16H16F2INO. The van der Waals surface area contributed by atoms with E-state index in [1.54, 1.807) is 24.3 Å². The summed E-state index contributed by atoms with van der Waals surface area (Å²) < 4.78 is 29.6. The van der Waals surface area contributed by atoms with Gasteiger partial charge < -0.3 is 10.1 Å². The molecule has 2 nitrogen and oxygen atoms in total.